The molecule has 0 unspecified atom stereocenters. The average molecular weight is 244 g/mol. The molecule has 0 saturated carbocycles. The van der Waals surface area contributed by atoms with Crippen LogP contribution in [0.4, 0.5) is 0 Å². The quantitative estimate of drug-likeness (QED) is 0.528. The van der Waals surface area contributed by atoms with Gasteiger partial charge in [-0.05, 0) is 19.1 Å². The van der Waals surface area contributed by atoms with Crippen molar-refractivity contribution in [2.45, 2.75) is 6.92 Å². The highest BCUT2D eigenvalue weighted by molar-refractivity contribution is 7.88. The molecule has 0 aromatic heterocycles. The summed E-state index contributed by atoms with van der Waals surface area (Å²) in [4.78, 5) is 1.95. The summed E-state index contributed by atoms with van der Waals surface area (Å²) < 4.78 is 21.6. The lowest BCUT2D eigenvalue weighted by Gasteiger charge is -2.04. The maximum atomic E-state index is 10.8. The molecule has 0 fully saturated rings. The molecule has 0 amide bonds. The highest BCUT2D eigenvalue weighted by Crippen LogP contribution is 2.22. The molecular weight excluding hydrogens is 232 g/mol. The summed E-state index contributed by atoms with van der Waals surface area (Å²) in [5, 5.41) is 22.1. The first-order chi connectivity index (χ1) is 7.29. The largest absolute Gasteiger partial charge is 0.508 e. The summed E-state index contributed by atoms with van der Waals surface area (Å²) in [5.74, 6) is -0.248. The van der Waals surface area contributed by atoms with Gasteiger partial charge in [-0.1, -0.05) is 0 Å². The Balaban J connectivity index is 3.01. The Kier molecular flexibility index (Phi) is 3.38. The van der Waals surface area contributed by atoms with E-state index in [2.05, 4.69) is 5.10 Å². The number of hydrazone groups is 1. The number of aromatic hydroxyl groups is 2. The van der Waals surface area contributed by atoms with Crippen molar-refractivity contribution in [1.82, 2.24) is 4.83 Å². The van der Waals surface area contributed by atoms with Gasteiger partial charge in [-0.2, -0.15) is 5.10 Å². The highest BCUT2D eigenvalue weighted by Gasteiger charge is 2.06. The number of phenols is 2. The minimum absolute atomic E-state index is 0.0786. The molecule has 7 heteroatoms. The van der Waals surface area contributed by atoms with Gasteiger partial charge >= 0.3 is 0 Å². The normalized spacial score (nSPS) is 12.5. The molecule has 3 N–H and O–H groups in total. The zero-order valence-electron chi connectivity index (χ0n) is 8.80. The smallest absolute Gasteiger partial charge is 0.244 e. The Hall–Kier alpha value is -1.76. The van der Waals surface area contributed by atoms with E-state index in [-0.39, 0.29) is 11.5 Å². The molecule has 0 atom stereocenters. The number of nitrogens with one attached hydrogen (secondary N) is 1. The van der Waals surface area contributed by atoms with Gasteiger partial charge in [-0.3, -0.25) is 0 Å². The van der Waals surface area contributed by atoms with Crippen LogP contribution in [0.3, 0.4) is 0 Å². The second-order valence-corrected chi connectivity index (χ2v) is 4.99. The fourth-order valence-electron chi connectivity index (χ4n) is 1.04. The molecule has 88 valence electrons. The van der Waals surface area contributed by atoms with E-state index in [4.69, 9.17) is 5.11 Å². The summed E-state index contributed by atoms with van der Waals surface area (Å²) in [6, 6.07) is 3.96. The predicted octanol–water partition coefficient (Wildman–Crippen LogP) is 0.371. The lowest BCUT2D eigenvalue weighted by atomic mass is 10.1. The van der Waals surface area contributed by atoms with Gasteiger partial charge in [0.15, 0.2) is 0 Å². The lowest BCUT2D eigenvalue weighted by Crippen LogP contribution is -2.17. The average Bonchev–Trinajstić information content (AvgIpc) is 2.13. The van der Waals surface area contributed by atoms with Crippen molar-refractivity contribution in [3.8, 4) is 11.5 Å². The lowest BCUT2D eigenvalue weighted by molar-refractivity contribution is 0.450. The van der Waals surface area contributed by atoms with Crippen LogP contribution in [-0.4, -0.2) is 30.6 Å². The van der Waals surface area contributed by atoms with Crippen LogP contribution in [0.15, 0.2) is 23.3 Å². The summed E-state index contributed by atoms with van der Waals surface area (Å²) in [5.41, 5.74) is 0.636. The molecule has 6 nitrogen and oxygen atoms in total. The van der Waals surface area contributed by atoms with Gasteiger partial charge in [0, 0.05) is 11.6 Å². The third-order valence-corrected chi connectivity index (χ3v) is 2.17. The Morgan fingerprint density at radius 1 is 1.38 bits per heavy atom. The molecule has 0 saturated heterocycles. The van der Waals surface area contributed by atoms with Gasteiger partial charge in [0.2, 0.25) is 10.0 Å². The van der Waals surface area contributed by atoms with E-state index in [0.717, 1.165) is 12.3 Å². The number of hydrogen-bond acceptors (Lipinski definition) is 5. The molecule has 0 radical (unpaired) electrons. The standard InChI is InChI=1S/C9H12N2O4S/c1-6(10-11-16(2,14)15)8-4-3-7(12)5-9(8)13/h3-5,11-13H,1-2H3. The Morgan fingerprint density at radius 2 is 2.00 bits per heavy atom. The number of hydrogen-bond donors (Lipinski definition) is 3. The number of sulfonamides is 1. The second kappa shape index (κ2) is 4.40. The zero-order valence-corrected chi connectivity index (χ0v) is 9.61. The van der Waals surface area contributed by atoms with Crippen molar-refractivity contribution in [3.63, 3.8) is 0 Å². The van der Waals surface area contributed by atoms with Crippen LogP contribution in [0.5, 0.6) is 11.5 Å². The van der Waals surface area contributed by atoms with Gasteiger partial charge in [0.05, 0.1) is 12.0 Å². The molecule has 0 aliphatic heterocycles. The maximum Gasteiger partial charge on any atom is 0.244 e. The molecule has 0 heterocycles. The molecule has 0 bridgehead atoms. The first-order valence-corrected chi connectivity index (χ1v) is 6.22. The summed E-state index contributed by atoms with van der Waals surface area (Å²) in [7, 11) is -3.42. The Bertz CT molecular complexity index is 522. The van der Waals surface area contributed by atoms with E-state index >= 15 is 0 Å². The minimum Gasteiger partial charge on any atom is -0.508 e. The fraction of sp³-hybridized carbons (Fsp3) is 0.222. The first-order valence-electron chi connectivity index (χ1n) is 4.33. The molecule has 1 aromatic carbocycles. The zero-order chi connectivity index (χ0) is 12.3. The van der Waals surface area contributed by atoms with Gasteiger partial charge < -0.3 is 10.2 Å². The van der Waals surface area contributed by atoms with Crippen LogP contribution in [0, 0.1) is 0 Å². The van der Waals surface area contributed by atoms with Crippen LogP contribution in [0.25, 0.3) is 0 Å². The number of nitrogens with zero attached hydrogens (tertiary/aromatic N) is 1. The SMILES string of the molecule is CC(=NNS(C)(=O)=O)c1ccc(O)cc1O. The topological polar surface area (TPSA) is 99.0 Å². The van der Waals surface area contributed by atoms with Crippen molar-refractivity contribution >= 4 is 15.7 Å². The van der Waals surface area contributed by atoms with Gasteiger partial charge in [0.1, 0.15) is 11.5 Å². The molecule has 0 spiro atoms. The van der Waals surface area contributed by atoms with E-state index in [9.17, 15) is 13.5 Å². The second-order valence-electron chi connectivity index (χ2n) is 3.26. The van der Waals surface area contributed by atoms with Crippen molar-refractivity contribution in [3.05, 3.63) is 23.8 Å². The molecule has 16 heavy (non-hydrogen) atoms. The van der Waals surface area contributed by atoms with Crippen molar-refractivity contribution < 1.29 is 18.6 Å². The maximum absolute atomic E-state index is 10.8. The number of rotatable bonds is 3. The Morgan fingerprint density at radius 3 is 2.50 bits per heavy atom. The Labute approximate surface area is 93.3 Å². The highest BCUT2D eigenvalue weighted by atomic mass is 32.2. The van der Waals surface area contributed by atoms with Crippen LogP contribution < -0.4 is 4.83 Å². The summed E-state index contributed by atoms with van der Waals surface area (Å²) >= 11 is 0. The van der Waals surface area contributed by atoms with Crippen molar-refractivity contribution in [1.29, 1.82) is 0 Å². The van der Waals surface area contributed by atoms with Crippen molar-refractivity contribution in [2.75, 3.05) is 6.26 Å². The van der Waals surface area contributed by atoms with E-state index in [0.29, 0.717) is 11.3 Å². The monoisotopic (exact) mass is 244 g/mol. The van der Waals surface area contributed by atoms with Crippen molar-refractivity contribution in [2.24, 2.45) is 5.10 Å². The van der Waals surface area contributed by atoms with Crippen LogP contribution in [-0.2, 0) is 10.0 Å². The fourth-order valence-corrected chi connectivity index (χ4v) is 1.34. The molecule has 1 rings (SSSR count). The summed E-state index contributed by atoms with van der Waals surface area (Å²) in [6.45, 7) is 1.53. The van der Waals surface area contributed by atoms with E-state index in [1.165, 1.54) is 19.1 Å². The predicted molar refractivity (Wildman–Crippen MR) is 60.0 cm³/mol. The number of phenolic OH excluding ortho intramolecular Hbond substituents is 2. The minimum atomic E-state index is -3.42. The van der Waals surface area contributed by atoms with Crippen LogP contribution in [0.2, 0.25) is 0 Å². The summed E-state index contributed by atoms with van der Waals surface area (Å²) in [6.07, 6.45) is 0.973. The van der Waals surface area contributed by atoms with Gasteiger partial charge in [0.25, 0.3) is 0 Å². The van der Waals surface area contributed by atoms with E-state index < -0.39 is 10.0 Å². The van der Waals surface area contributed by atoms with Gasteiger partial charge in [-0.15, -0.1) is 0 Å². The third-order valence-electron chi connectivity index (χ3n) is 1.75. The third kappa shape index (κ3) is 3.43. The van der Waals surface area contributed by atoms with Crippen LogP contribution >= 0.6 is 0 Å². The van der Waals surface area contributed by atoms with Crippen LogP contribution in [0.1, 0.15) is 12.5 Å². The first kappa shape index (κ1) is 12.3. The molecular formula is C9H12N2O4S. The van der Waals surface area contributed by atoms with E-state index in [1.807, 2.05) is 4.83 Å². The molecule has 1 aromatic rings. The number of benzene rings is 1. The molecule has 0 aliphatic rings. The molecule has 0 aliphatic carbocycles. The van der Waals surface area contributed by atoms with Gasteiger partial charge in [-0.25, -0.2) is 13.2 Å². The van der Waals surface area contributed by atoms with E-state index in [1.54, 1.807) is 0 Å².